The Balaban J connectivity index is 0.00000126. The average Bonchev–Trinajstić information content (AvgIpc) is 1.71. The van der Waals surface area contributed by atoms with Crippen molar-refractivity contribution >= 4 is 84.5 Å². The van der Waals surface area contributed by atoms with Crippen LogP contribution in [0.1, 0.15) is 316 Å². The van der Waals surface area contributed by atoms with E-state index in [4.69, 9.17) is 18.9 Å². The Morgan fingerprint density at radius 2 is 0.680 bits per heavy atom. The van der Waals surface area contributed by atoms with Crippen LogP contribution in [0.5, 0.6) is 0 Å². The summed E-state index contributed by atoms with van der Waals surface area (Å²) in [6, 6.07) is 0. The van der Waals surface area contributed by atoms with Crippen molar-refractivity contribution in [3.05, 3.63) is 47.6 Å². The number of ether oxygens (including phenoxy) is 5. The van der Waals surface area contributed by atoms with Crippen LogP contribution in [0.2, 0.25) is 0 Å². The fourth-order valence-corrected chi connectivity index (χ4v) is 18.5. The summed E-state index contributed by atoms with van der Waals surface area (Å²) in [6.45, 7) is 27.4. The number of nitrogens with zero attached hydrogens (tertiary/aromatic N) is 2. The van der Waals surface area contributed by atoms with Gasteiger partial charge in [0, 0.05) is 128 Å². The van der Waals surface area contributed by atoms with E-state index >= 15 is 0 Å². The van der Waals surface area contributed by atoms with Crippen LogP contribution in [0.4, 0.5) is 0 Å². The first-order valence-corrected chi connectivity index (χ1v) is 57.0. The molecule has 0 unspecified atom stereocenters. The molecular weight excluding hydrogens is 1650 g/mol. The van der Waals surface area contributed by atoms with Gasteiger partial charge in [0.15, 0.2) is 21.4 Å². The third-order valence-electron chi connectivity index (χ3n) is 20.8. The molecule has 27 heteroatoms. The van der Waals surface area contributed by atoms with Gasteiger partial charge < -0.3 is 71.5 Å². The zero-order chi connectivity index (χ0) is 86.5. The van der Waals surface area contributed by atoms with Crippen molar-refractivity contribution in [3.63, 3.8) is 0 Å². The van der Waals surface area contributed by atoms with E-state index in [9.17, 15) is 21.6 Å². The van der Waals surface area contributed by atoms with E-state index in [1.807, 2.05) is 47.4 Å². The predicted molar refractivity (Wildman–Crippen MR) is 539 cm³/mol. The summed E-state index contributed by atoms with van der Waals surface area (Å²) in [6.07, 6.45) is 81.8. The smallest absolute Gasteiger partial charge is 0.188 e. The number of allylic oxidation sites excluding steroid dienone is 3. The zero-order valence-electron chi connectivity index (χ0n) is 76.9. The maximum atomic E-state index is 10.6. The highest BCUT2D eigenvalue weighted by molar-refractivity contribution is 8.14. The first kappa shape index (κ1) is 120. The van der Waals surface area contributed by atoms with Crippen LogP contribution in [-0.2, 0) is 48.2 Å². The molecule has 0 amide bonds. The molecule has 122 heavy (non-hydrogen) atoms. The standard InChI is InChI=1S/2C7H14.C6H12O.2C5H11N.C5H9N.C5H10.C5H8.C4H9NO2S.C4H9NO.C4H9NS.C4H5NS.C4H9N.C4H7N.C4H8O2S.C4H6OS.C4H8O.C4H8S.C3H5NO.C3H7N.C3H6O.CH4/c3*1-2-4-6-7-5-3-1;3*1-2-4-6-5-3-1;2*1-2-4-5-3-1;6-8(7)3-1-5-2-4-8;3*1-3-6-4-2-5-1;2*1-2-4-5-3-1;5-7(6)3-1-2-4-7;5-4-2-1-3-6-4;2*1-2-4-5-3-1;1-2-5-3-4-1;2*1-2-4-3-1;/h2*1-7H2;1-6H2;2*6H,1-5H2;2,4,6H,1,3,5H2;1-5H2;1-2H,3-5H2;5H,1-4H2;2*5H,1-4H2;1-5H;5H,1-4H2;3H,1-2,4H2;1-4H2;1-3H2;2*1-4H2;3H,1-2H2;4H,1-3H2;1-3H2;1H4. The molecule has 16 fully saturated rings. The molecule has 4 aliphatic carbocycles. The van der Waals surface area contributed by atoms with Crippen LogP contribution in [0, 0.1) is 0 Å². The van der Waals surface area contributed by atoms with E-state index in [-0.39, 0.29) is 7.43 Å². The van der Waals surface area contributed by atoms with E-state index in [1.54, 1.807) is 11.8 Å². The number of sulfone groups is 2. The third-order valence-corrected chi connectivity index (χ3v) is 28.0. The molecule has 0 aromatic rings. The van der Waals surface area contributed by atoms with E-state index in [1.165, 1.54) is 389 Å². The number of aliphatic imine (C=N–C) groups is 2. The van der Waals surface area contributed by atoms with Gasteiger partial charge >= 0.3 is 0 Å². The molecule has 3 saturated carbocycles. The minimum absolute atomic E-state index is 0. The number of carbonyl (C=O) groups is 1. The molecule has 720 valence electrons. The molecule has 0 aromatic carbocycles. The van der Waals surface area contributed by atoms with Gasteiger partial charge in [-0.25, -0.2) is 16.8 Å². The van der Waals surface area contributed by atoms with Crippen LogP contribution in [-0.4, -0.2) is 257 Å². The van der Waals surface area contributed by atoms with Gasteiger partial charge in [0.2, 0.25) is 0 Å². The summed E-state index contributed by atoms with van der Waals surface area (Å²) in [7, 11) is -5.19. The monoisotopic (exact) mass is 1840 g/mol. The summed E-state index contributed by atoms with van der Waals surface area (Å²) >= 11 is 7.24. The minimum Gasteiger partial charge on any atom is -0.482 e. The zero-order valence-corrected chi connectivity index (χ0v) is 81.8. The van der Waals surface area contributed by atoms with Gasteiger partial charge in [-0.2, -0.15) is 23.5 Å². The topological polar surface area (TPSA) is 264 Å². The van der Waals surface area contributed by atoms with Gasteiger partial charge in [-0.3, -0.25) is 14.8 Å². The Labute approximate surface area is 767 Å². The lowest BCUT2D eigenvalue weighted by Crippen LogP contribution is -2.35. The fraction of sp³-hybridized carbons (Fsp3) is 0.884. The molecule has 0 radical (unpaired) electrons. The van der Waals surface area contributed by atoms with E-state index in [0.29, 0.717) is 41.2 Å². The molecule has 0 aromatic heterocycles. The van der Waals surface area contributed by atoms with Crippen LogP contribution in [0.15, 0.2) is 57.6 Å². The fourth-order valence-electron chi connectivity index (χ4n) is 12.9. The van der Waals surface area contributed by atoms with Crippen molar-refractivity contribution < 1.29 is 45.3 Å². The number of carbonyl (C=O) groups excluding carboxylic acids is 1. The molecule has 13 saturated heterocycles. The van der Waals surface area contributed by atoms with E-state index < -0.39 is 19.7 Å². The van der Waals surface area contributed by atoms with Crippen LogP contribution >= 0.6 is 47.0 Å². The Morgan fingerprint density at radius 1 is 0.295 bits per heavy atom. The Hall–Kier alpha value is -1.77. The predicted octanol–water partition coefficient (Wildman–Crippen LogP) is 19.2. The van der Waals surface area contributed by atoms with Crippen LogP contribution < -0.4 is 47.9 Å². The summed E-state index contributed by atoms with van der Waals surface area (Å²) in [5.41, 5.74) is 0. The number of hydrogen-bond donors (Lipinski definition) is 9. The lowest BCUT2D eigenvalue weighted by molar-refractivity contribution is -0.110. The highest BCUT2D eigenvalue weighted by Crippen LogP contribution is 2.19. The van der Waals surface area contributed by atoms with Crippen LogP contribution in [0.25, 0.3) is 0 Å². The molecule has 21 nitrogen and oxygen atoms in total. The second-order valence-corrected chi connectivity index (χ2v) is 41.3. The Kier molecular flexibility index (Phi) is 103. The van der Waals surface area contributed by atoms with E-state index in [0.717, 1.165) is 124 Å². The maximum absolute atomic E-state index is 10.6. The second kappa shape index (κ2) is 105. The first-order valence-electron chi connectivity index (χ1n) is 49.1. The summed E-state index contributed by atoms with van der Waals surface area (Å²) in [5.74, 6) is 7.97. The minimum atomic E-state index is -2.65. The van der Waals surface area contributed by atoms with Gasteiger partial charge in [0.1, 0.15) is 16.4 Å². The molecule has 9 N–H and O–H groups in total. The second-order valence-electron chi connectivity index (χ2n) is 32.3. The summed E-state index contributed by atoms with van der Waals surface area (Å²) < 4.78 is 66.6. The lowest BCUT2D eigenvalue weighted by atomic mass is 10.2. The van der Waals surface area contributed by atoms with Crippen molar-refractivity contribution in [1.29, 1.82) is 0 Å². The number of rotatable bonds is 0. The SMILES string of the molecule is C.C1=CCCC1.C1=CNCCC1.C1=CSC=CN1.C1=NCCC1.C1=NCCO1.C1CCCC1.C1CCCCCC1.C1CCCCCC1.C1CCCOCC1.C1CCNC1.C1CCNCC1.C1CCNCC1.C1CCOC1.C1CCSC1.C1CNC1.C1COC1.C1COCCN1.C1CSCCN1.O=C1CCCS1.O=S1(=O)CCCC1.O=S1(=O)CCNCC1. The van der Waals surface area contributed by atoms with Gasteiger partial charge in [-0.1, -0.05) is 185 Å². The molecule has 0 bridgehead atoms. The quantitative estimate of drug-likeness (QED) is 0.0806. The van der Waals surface area contributed by atoms with Crippen molar-refractivity contribution in [1.82, 2.24) is 47.9 Å². The Morgan fingerprint density at radius 3 is 0.836 bits per heavy atom. The highest BCUT2D eigenvalue weighted by Gasteiger charge is 2.17. The molecule has 17 aliphatic heterocycles. The van der Waals surface area contributed by atoms with Gasteiger partial charge in [0.05, 0.1) is 42.8 Å². The van der Waals surface area contributed by atoms with Crippen molar-refractivity contribution in [3.8, 4) is 0 Å². The number of nitrogens with one attached hydrogen (secondary N) is 9. The van der Waals surface area contributed by atoms with Crippen molar-refractivity contribution in [2.75, 3.05) is 222 Å². The maximum Gasteiger partial charge on any atom is 0.188 e. The van der Waals surface area contributed by atoms with Gasteiger partial charge in [-0.05, 0) is 241 Å². The first-order chi connectivity index (χ1) is 59.8. The lowest BCUT2D eigenvalue weighted by Gasteiger charge is -2.10. The van der Waals surface area contributed by atoms with Gasteiger partial charge in [-0.15, -0.1) is 11.8 Å². The largest absolute Gasteiger partial charge is 0.482 e. The number of thioether (sulfide) groups is 4. The molecule has 17 heterocycles. The van der Waals surface area contributed by atoms with Gasteiger partial charge in [0.25, 0.3) is 0 Å². The Bertz CT molecular complexity index is 2090. The molecule has 21 aliphatic rings. The number of piperidine rings is 2. The summed E-state index contributed by atoms with van der Waals surface area (Å²) in [4.78, 5) is 17.9. The summed E-state index contributed by atoms with van der Waals surface area (Å²) in [5, 5.41) is 32.6. The molecule has 0 spiro atoms. The number of hydrogen-bond acceptors (Lipinski definition) is 25. The van der Waals surface area contributed by atoms with Crippen LogP contribution in [0.3, 0.4) is 0 Å². The highest BCUT2D eigenvalue weighted by atomic mass is 32.2. The van der Waals surface area contributed by atoms with Crippen molar-refractivity contribution in [2.24, 2.45) is 9.98 Å². The molecule has 0 atom stereocenters. The average molecular weight is 1840 g/mol. The third kappa shape index (κ3) is 105. The molecular formula is C95H189N11O10S6. The van der Waals surface area contributed by atoms with E-state index in [2.05, 4.69) is 92.6 Å². The number of morpholine rings is 1. The van der Waals surface area contributed by atoms with Crippen molar-refractivity contribution in [2.45, 2.75) is 316 Å². The molecule has 21 rings (SSSR count). The normalized spacial score (nSPS) is 23.2.